The Bertz CT molecular complexity index is 839. The quantitative estimate of drug-likeness (QED) is 0.302. The fourth-order valence-corrected chi connectivity index (χ4v) is 11.6. The molecule has 4 nitrogen and oxygen atoms in total. The predicted molar refractivity (Wildman–Crippen MR) is 114 cm³/mol. The molecule has 142 valence electrons. The van der Waals surface area contributed by atoms with Gasteiger partial charge in [-0.2, -0.15) is 0 Å². The third kappa shape index (κ3) is 6.66. The first-order chi connectivity index (χ1) is 12.4. The van der Waals surface area contributed by atoms with E-state index in [1.807, 2.05) is 13.8 Å². The molecular formula is C17H21O4PS4. The van der Waals surface area contributed by atoms with Gasteiger partial charge in [0, 0.05) is 26.3 Å². The topological polar surface area (TPSA) is 60.4 Å². The summed E-state index contributed by atoms with van der Waals surface area (Å²) in [6.45, 7) is 4.26. The SMILES string of the molecule is CCCSP(=O)(OCC)Sc1ccc(SS(=O)(=O)c2ccccc2)cc1. The Hall–Kier alpha value is -0.370. The Morgan fingerprint density at radius 2 is 1.58 bits per heavy atom. The highest BCUT2D eigenvalue weighted by atomic mass is 33.1. The first-order valence-electron chi connectivity index (χ1n) is 8.07. The van der Waals surface area contributed by atoms with E-state index in [1.165, 1.54) is 22.8 Å². The zero-order valence-electron chi connectivity index (χ0n) is 14.5. The lowest BCUT2D eigenvalue weighted by atomic mass is 10.4. The van der Waals surface area contributed by atoms with E-state index >= 15 is 0 Å². The minimum Gasteiger partial charge on any atom is -0.314 e. The van der Waals surface area contributed by atoms with Crippen LogP contribution >= 0.6 is 39.3 Å². The van der Waals surface area contributed by atoms with Crippen molar-refractivity contribution < 1.29 is 17.5 Å². The monoisotopic (exact) mass is 448 g/mol. The van der Waals surface area contributed by atoms with Crippen LogP contribution in [-0.4, -0.2) is 20.8 Å². The van der Waals surface area contributed by atoms with Crippen LogP contribution in [0, 0.1) is 0 Å². The third-order valence-electron chi connectivity index (χ3n) is 3.02. The zero-order chi connectivity index (χ0) is 19.0. The molecule has 2 aromatic rings. The number of hydrogen-bond donors (Lipinski definition) is 0. The van der Waals surface area contributed by atoms with Crippen LogP contribution in [-0.2, 0) is 18.0 Å². The molecule has 0 amide bonds. The van der Waals surface area contributed by atoms with Crippen molar-refractivity contribution in [2.75, 3.05) is 12.4 Å². The molecule has 9 heteroatoms. The van der Waals surface area contributed by atoms with E-state index < -0.39 is 14.6 Å². The molecule has 0 heterocycles. The summed E-state index contributed by atoms with van der Waals surface area (Å²) >= 11 is 2.57. The van der Waals surface area contributed by atoms with Crippen LogP contribution in [0.5, 0.6) is 0 Å². The largest absolute Gasteiger partial charge is 0.317 e. The second-order valence-corrected chi connectivity index (χ2v) is 16.3. The molecule has 0 aromatic heterocycles. The summed E-state index contributed by atoms with van der Waals surface area (Å²) in [6.07, 6.45) is 0.926. The van der Waals surface area contributed by atoms with Crippen LogP contribution in [0.4, 0.5) is 0 Å². The minimum absolute atomic E-state index is 0.278. The predicted octanol–water partition coefficient (Wildman–Crippen LogP) is 6.55. The van der Waals surface area contributed by atoms with Crippen LogP contribution in [0.15, 0.2) is 69.3 Å². The standard InChI is InChI=1S/C17H21O4PS4/c1-3-14-23-22(18,21-4-2)24-15-10-12-16(13-11-15)25-26(19,20)17-8-6-5-7-9-17/h5-13H,3-4,14H2,1-2H3. The highest BCUT2D eigenvalue weighted by molar-refractivity contribution is 8.89. The van der Waals surface area contributed by atoms with E-state index in [9.17, 15) is 13.0 Å². The second kappa shape index (κ2) is 10.2. The first kappa shape index (κ1) is 21.9. The van der Waals surface area contributed by atoms with Gasteiger partial charge < -0.3 is 4.52 Å². The van der Waals surface area contributed by atoms with E-state index in [0.29, 0.717) is 11.5 Å². The molecule has 0 spiro atoms. The average molecular weight is 449 g/mol. The van der Waals surface area contributed by atoms with E-state index in [-0.39, 0.29) is 4.90 Å². The molecule has 0 aliphatic rings. The van der Waals surface area contributed by atoms with Crippen LogP contribution in [0.3, 0.4) is 0 Å². The van der Waals surface area contributed by atoms with Crippen molar-refractivity contribution in [3.8, 4) is 0 Å². The highest BCUT2D eigenvalue weighted by Crippen LogP contribution is 2.72. The maximum atomic E-state index is 12.8. The molecule has 1 atom stereocenters. The summed E-state index contributed by atoms with van der Waals surface area (Å²) in [7, 11) is -2.65. The average Bonchev–Trinajstić information content (AvgIpc) is 2.62. The van der Waals surface area contributed by atoms with Crippen molar-refractivity contribution in [3.05, 3.63) is 54.6 Å². The second-order valence-electron chi connectivity index (χ2n) is 5.11. The Morgan fingerprint density at radius 3 is 2.15 bits per heavy atom. The van der Waals surface area contributed by atoms with E-state index in [2.05, 4.69) is 0 Å². The third-order valence-corrected chi connectivity index (χ3v) is 13.6. The molecule has 2 aromatic carbocycles. The van der Waals surface area contributed by atoms with Crippen molar-refractivity contribution in [1.82, 2.24) is 0 Å². The maximum absolute atomic E-state index is 12.8. The lowest BCUT2D eigenvalue weighted by Gasteiger charge is -2.15. The van der Waals surface area contributed by atoms with Gasteiger partial charge >= 0.3 is 5.77 Å². The smallest absolute Gasteiger partial charge is 0.314 e. The van der Waals surface area contributed by atoms with Crippen LogP contribution in [0.1, 0.15) is 20.3 Å². The molecule has 0 saturated carbocycles. The summed E-state index contributed by atoms with van der Waals surface area (Å²) in [5, 5.41) is 0. The van der Waals surface area contributed by atoms with Gasteiger partial charge in [0.05, 0.1) is 11.5 Å². The van der Waals surface area contributed by atoms with E-state index in [1.54, 1.807) is 54.6 Å². The van der Waals surface area contributed by atoms with Crippen LogP contribution in [0.25, 0.3) is 0 Å². The maximum Gasteiger partial charge on any atom is 0.317 e. The van der Waals surface area contributed by atoms with E-state index in [0.717, 1.165) is 27.9 Å². The molecular weight excluding hydrogens is 427 g/mol. The Balaban J connectivity index is 2.09. The normalized spacial score (nSPS) is 14.1. The number of benzene rings is 2. The van der Waals surface area contributed by atoms with Gasteiger partial charge in [0.15, 0.2) is 0 Å². The van der Waals surface area contributed by atoms with Crippen molar-refractivity contribution in [1.29, 1.82) is 0 Å². The molecule has 0 aliphatic carbocycles. The first-order valence-corrected chi connectivity index (χ1v) is 15.5. The molecule has 2 rings (SSSR count). The fourth-order valence-electron chi connectivity index (χ4n) is 1.90. The van der Waals surface area contributed by atoms with Gasteiger partial charge in [0.1, 0.15) is 0 Å². The Labute approximate surface area is 167 Å². The number of hydrogen-bond acceptors (Lipinski definition) is 7. The lowest BCUT2D eigenvalue weighted by molar-refractivity contribution is 0.357. The van der Waals surface area contributed by atoms with Crippen molar-refractivity contribution >= 4 is 48.2 Å². The van der Waals surface area contributed by atoms with Crippen molar-refractivity contribution in [2.24, 2.45) is 0 Å². The van der Waals surface area contributed by atoms with Gasteiger partial charge in [0.2, 0.25) is 8.87 Å². The summed E-state index contributed by atoms with van der Waals surface area (Å²) < 4.78 is 43.1. The minimum atomic E-state index is -3.46. The van der Waals surface area contributed by atoms with Crippen LogP contribution < -0.4 is 0 Å². The summed E-state index contributed by atoms with van der Waals surface area (Å²) in [4.78, 5) is 1.69. The highest BCUT2D eigenvalue weighted by Gasteiger charge is 2.25. The molecule has 1 unspecified atom stereocenters. The molecule has 0 fully saturated rings. The fraction of sp³-hybridized carbons (Fsp3) is 0.294. The van der Waals surface area contributed by atoms with Gasteiger partial charge in [-0.15, -0.1) is 0 Å². The molecule has 0 aliphatic heterocycles. The van der Waals surface area contributed by atoms with Gasteiger partial charge in [-0.1, -0.05) is 36.5 Å². The molecule has 0 radical (unpaired) electrons. The molecule has 26 heavy (non-hydrogen) atoms. The zero-order valence-corrected chi connectivity index (χ0v) is 18.7. The number of rotatable bonds is 10. The van der Waals surface area contributed by atoms with Gasteiger partial charge in [0.25, 0.3) is 0 Å². The van der Waals surface area contributed by atoms with Gasteiger partial charge in [-0.3, -0.25) is 4.57 Å². The van der Waals surface area contributed by atoms with Gasteiger partial charge in [-0.25, -0.2) is 8.42 Å². The Kier molecular flexibility index (Phi) is 8.64. The van der Waals surface area contributed by atoms with Gasteiger partial charge in [-0.05, 0) is 61.1 Å². The van der Waals surface area contributed by atoms with Crippen molar-refractivity contribution in [2.45, 2.75) is 35.0 Å². The lowest BCUT2D eigenvalue weighted by Crippen LogP contribution is -1.94. The molecule has 0 N–H and O–H groups in total. The van der Waals surface area contributed by atoms with Crippen molar-refractivity contribution in [3.63, 3.8) is 0 Å². The summed E-state index contributed by atoms with van der Waals surface area (Å²) in [5.74, 6) is -2.08. The summed E-state index contributed by atoms with van der Waals surface area (Å²) in [6, 6.07) is 15.4. The molecule has 0 saturated heterocycles. The molecule has 0 bridgehead atoms. The van der Waals surface area contributed by atoms with Crippen LogP contribution in [0.2, 0.25) is 0 Å². The summed E-state index contributed by atoms with van der Waals surface area (Å²) in [5.41, 5.74) is 0. The van der Waals surface area contributed by atoms with E-state index in [4.69, 9.17) is 4.52 Å². The Morgan fingerprint density at radius 1 is 0.962 bits per heavy atom.